The van der Waals surface area contributed by atoms with Gasteiger partial charge in [-0.3, -0.25) is 14.9 Å². The summed E-state index contributed by atoms with van der Waals surface area (Å²) >= 11 is 0. The van der Waals surface area contributed by atoms with Crippen LogP contribution in [0.15, 0.2) is 18.5 Å². The number of carbonyl (C=O) groups excluding carboxylic acids is 1. The highest BCUT2D eigenvalue weighted by Gasteiger charge is 2.20. The number of aromatic nitrogens is 4. The van der Waals surface area contributed by atoms with Crippen LogP contribution in [0.1, 0.15) is 10.5 Å². The fraction of sp³-hybridized carbons (Fsp3) is 0.111. The van der Waals surface area contributed by atoms with Crippen molar-refractivity contribution in [2.45, 2.75) is 0 Å². The van der Waals surface area contributed by atoms with Crippen molar-refractivity contribution < 1.29 is 9.72 Å². The quantitative estimate of drug-likeness (QED) is 0.562. The van der Waals surface area contributed by atoms with E-state index >= 15 is 0 Å². The zero-order valence-corrected chi connectivity index (χ0v) is 9.77. The van der Waals surface area contributed by atoms with E-state index < -0.39 is 10.8 Å². The Morgan fingerprint density at radius 2 is 2.32 bits per heavy atom. The molecule has 0 atom stereocenters. The maximum absolute atomic E-state index is 11.4. The topological polar surface area (TPSA) is 142 Å². The molecule has 0 saturated carbocycles. The van der Waals surface area contributed by atoms with E-state index in [0.717, 1.165) is 10.9 Å². The monoisotopic (exact) mass is 263 g/mol. The standard InChI is InChI=1S/C9H9N7O3/c1-11-8(17)5-2-3-15(14-5)7-6(16(18)19)4-12-9(10)13-7/h2-4H,1H3,(H,11,17)(H2,10,12,13). The molecule has 1 amide bonds. The predicted molar refractivity (Wildman–Crippen MR) is 63.6 cm³/mol. The highest BCUT2D eigenvalue weighted by molar-refractivity contribution is 5.91. The van der Waals surface area contributed by atoms with Crippen LogP contribution in [0.4, 0.5) is 11.6 Å². The van der Waals surface area contributed by atoms with Gasteiger partial charge in [0, 0.05) is 13.2 Å². The minimum Gasteiger partial charge on any atom is -0.368 e. The minimum absolute atomic E-state index is 0.104. The van der Waals surface area contributed by atoms with E-state index in [2.05, 4.69) is 20.4 Å². The Morgan fingerprint density at radius 3 is 2.95 bits per heavy atom. The highest BCUT2D eigenvalue weighted by atomic mass is 16.6. The summed E-state index contributed by atoms with van der Waals surface area (Å²) in [5.74, 6) is -0.645. The average molecular weight is 263 g/mol. The van der Waals surface area contributed by atoms with Gasteiger partial charge < -0.3 is 11.1 Å². The maximum atomic E-state index is 11.4. The molecule has 0 aliphatic carbocycles. The number of nitrogen functional groups attached to an aromatic ring is 1. The van der Waals surface area contributed by atoms with Crippen LogP contribution >= 0.6 is 0 Å². The molecule has 2 aromatic rings. The lowest BCUT2D eigenvalue weighted by Crippen LogP contribution is -2.18. The minimum atomic E-state index is -0.657. The van der Waals surface area contributed by atoms with Crippen LogP contribution < -0.4 is 11.1 Å². The van der Waals surface area contributed by atoms with Gasteiger partial charge in [-0.05, 0) is 6.07 Å². The van der Waals surface area contributed by atoms with Crippen LogP contribution in [0.5, 0.6) is 0 Å². The lowest BCUT2D eigenvalue weighted by Gasteiger charge is -2.02. The summed E-state index contributed by atoms with van der Waals surface area (Å²) in [7, 11) is 1.45. The molecule has 2 heterocycles. The molecule has 0 aliphatic rings. The van der Waals surface area contributed by atoms with Crippen molar-refractivity contribution in [3.05, 3.63) is 34.3 Å². The van der Waals surface area contributed by atoms with Gasteiger partial charge in [0.05, 0.1) is 4.92 Å². The number of nitrogens with zero attached hydrogens (tertiary/aromatic N) is 5. The third-order valence-electron chi connectivity index (χ3n) is 2.23. The van der Waals surface area contributed by atoms with Crippen molar-refractivity contribution in [2.24, 2.45) is 0 Å². The Labute approximate surface area is 106 Å². The van der Waals surface area contributed by atoms with Crippen molar-refractivity contribution >= 4 is 17.5 Å². The van der Waals surface area contributed by atoms with E-state index in [1.165, 1.54) is 19.3 Å². The van der Waals surface area contributed by atoms with Gasteiger partial charge in [0.2, 0.25) is 11.8 Å². The number of hydrogen-bond donors (Lipinski definition) is 2. The first-order chi connectivity index (χ1) is 9.02. The molecule has 19 heavy (non-hydrogen) atoms. The number of nitrogens with two attached hydrogens (primary N) is 1. The Kier molecular flexibility index (Phi) is 3.06. The number of anilines is 1. The summed E-state index contributed by atoms with van der Waals surface area (Å²) in [5, 5.41) is 17.1. The number of rotatable bonds is 3. The molecule has 0 fully saturated rings. The number of carbonyl (C=O) groups is 1. The lowest BCUT2D eigenvalue weighted by atomic mass is 10.4. The van der Waals surface area contributed by atoms with Crippen molar-refractivity contribution in [2.75, 3.05) is 12.8 Å². The number of nitro groups is 1. The van der Waals surface area contributed by atoms with Crippen LogP contribution in [0.3, 0.4) is 0 Å². The zero-order valence-electron chi connectivity index (χ0n) is 9.77. The smallest absolute Gasteiger partial charge is 0.332 e. The summed E-state index contributed by atoms with van der Waals surface area (Å²) in [6, 6.07) is 1.40. The first-order valence-electron chi connectivity index (χ1n) is 5.08. The SMILES string of the molecule is CNC(=O)c1ccn(-c2nc(N)ncc2[N+](=O)[O-])n1. The second-order valence-electron chi connectivity index (χ2n) is 3.42. The van der Waals surface area contributed by atoms with E-state index in [4.69, 9.17) is 5.73 Å². The molecule has 10 nitrogen and oxygen atoms in total. The molecule has 2 rings (SSSR count). The van der Waals surface area contributed by atoms with Gasteiger partial charge in [-0.15, -0.1) is 0 Å². The summed E-state index contributed by atoms with van der Waals surface area (Å²) in [4.78, 5) is 28.9. The molecule has 0 saturated heterocycles. The number of hydrogen-bond acceptors (Lipinski definition) is 7. The summed E-state index contributed by atoms with van der Waals surface area (Å²) in [6.07, 6.45) is 2.36. The van der Waals surface area contributed by atoms with Gasteiger partial charge in [0.1, 0.15) is 6.20 Å². The Balaban J connectivity index is 2.52. The molecule has 3 N–H and O–H groups in total. The molecule has 0 aliphatic heterocycles. The van der Waals surface area contributed by atoms with Crippen molar-refractivity contribution in [3.8, 4) is 5.82 Å². The molecule has 0 bridgehead atoms. The Hall–Kier alpha value is -3.04. The fourth-order valence-corrected chi connectivity index (χ4v) is 1.37. The summed E-state index contributed by atoms with van der Waals surface area (Å²) < 4.78 is 1.10. The summed E-state index contributed by atoms with van der Waals surface area (Å²) in [6.45, 7) is 0. The highest BCUT2D eigenvalue weighted by Crippen LogP contribution is 2.19. The number of nitrogens with one attached hydrogen (secondary N) is 1. The van der Waals surface area contributed by atoms with Gasteiger partial charge in [-0.25, -0.2) is 9.67 Å². The number of amides is 1. The molecule has 2 aromatic heterocycles. The molecule has 0 spiro atoms. The fourth-order valence-electron chi connectivity index (χ4n) is 1.37. The van der Waals surface area contributed by atoms with Crippen molar-refractivity contribution in [3.63, 3.8) is 0 Å². The van der Waals surface area contributed by atoms with E-state index in [1.54, 1.807) is 0 Å². The average Bonchev–Trinajstić information content (AvgIpc) is 2.86. The van der Waals surface area contributed by atoms with E-state index in [-0.39, 0.29) is 23.1 Å². The van der Waals surface area contributed by atoms with E-state index in [0.29, 0.717) is 0 Å². The molecular weight excluding hydrogens is 254 g/mol. The molecule has 0 unspecified atom stereocenters. The third kappa shape index (κ3) is 2.31. The van der Waals surface area contributed by atoms with Crippen LogP contribution in [0.25, 0.3) is 5.82 Å². The Bertz CT molecular complexity index is 651. The van der Waals surface area contributed by atoms with Gasteiger partial charge in [0.25, 0.3) is 5.91 Å². The normalized spacial score (nSPS) is 10.2. The molecule has 98 valence electrons. The molecular formula is C9H9N7O3. The van der Waals surface area contributed by atoms with Gasteiger partial charge in [-0.2, -0.15) is 10.1 Å². The zero-order chi connectivity index (χ0) is 14.0. The lowest BCUT2D eigenvalue weighted by molar-refractivity contribution is -0.385. The van der Waals surface area contributed by atoms with E-state index in [1.807, 2.05) is 0 Å². The molecule has 0 aromatic carbocycles. The van der Waals surface area contributed by atoms with Crippen molar-refractivity contribution in [1.29, 1.82) is 0 Å². The van der Waals surface area contributed by atoms with Gasteiger partial charge in [0.15, 0.2) is 5.69 Å². The molecule has 0 radical (unpaired) electrons. The van der Waals surface area contributed by atoms with Crippen LogP contribution in [-0.4, -0.2) is 37.6 Å². The first kappa shape index (κ1) is 12.4. The van der Waals surface area contributed by atoms with Crippen LogP contribution in [-0.2, 0) is 0 Å². The Morgan fingerprint density at radius 1 is 1.58 bits per heavy atom. The van der Waals surface area contributed by atoms with Crippen LogP contribution in [0, 0.1) is 10.1 Å². The maximum Gasteiger partial charge on any atom is 0.332 e. The third-order valence-corrected chi connectivity index (χ3v) is 2.23. The van der Waals surface area contributed by atoms with E-state index in [9.17, 15) is 14.9 Å². The summed E-state index contributed by atoms with van der Waals surface area (Å²) in [5.41, 5.74) is 5.14. The van der Waals surface area contributed by atoms with Gasteiger partial charge >= 0.3 is 5.69 Å². The van der Waals surface area contributed by atoms with Crippen LogP contribution in [0.2, 0.25) is 0 Å². The second-order valence-corrected chi connectivity index (χ2v) is 3.42. The second kappa shape index (κ2) is 4.68. The first-order valence-corrected chi connectivity index (χ1v) is 5.08. The van der Waals surface area contributed by atoms with Crippen molar-refractivity contribution in [1.82, 2.24) is 25.1 Å². The molecule has 10 heteroatoms. The largest absolute Gasteiger partial charge is 0.368 e. The predicted octanol–water partition coefficient (Wildman–Crippen LogP) is -0.488. The van der Waals surface area contributed by atoms with Gasteiger partial charge in [-0.1, -0.05) is 0 Å².